The molecule has 0 rings (SSSR count). The molecular formula is C4H11N3NaO2+. The summed E-state index contributed by atoms with van der Waals surface area (Å²) in [5.41, 5.74) is 0. The van der Waals surface area contributed by atoms with Gasteiger partial charge >= 0.3 is 29.6 Å². The van der Waals surface area contributed by atoms with Gasteiger partial charge in [0.2, 0.25) is 0 Å². The van der Waals surface area contributed by atoms with Gasteiger partial charge in [-0.15, -0.1) is 0 Å². The monoisotopic (exact) mass is 156 g/mol. The van der Waals surface area contributed by atoms with Gasteiger partial charge in [0.05, 0.1) is 0 Å². The van der Waals surface area contributed by atoms with Crippen LogP contribution in [0, 0.1) is 9.81 Å². The molecule has 0 aromatic rings. The Hall–Kier alpha value is 0.160. The molecule has 0 atom stereocenters. The van der Waals surface area contributed by atoms with Crippen molar-refractivity contribution < 1.29 is 35.7 Å². The first-order chi connectivity index (χ1) is 4.24. The Balaban J connectivity index is -0.000000320. The van der Waals surface area contributed by atoms with E-state index < -0.39 is 4.70 Å². The summed E-state index contributed by atoms with van der Waals surface area (Å²) in [6.45, 7) is 4.02. The molecule has 54 valence electrons. The topological polar surface area (TPSA) is 58.9 Å². The van der Waals surface area contributed by atoms with Gasteiger partial charge in [0.15, 0.2) is 10.6 Å². The van der Waals surface area contributed by atoms with Crippen LogP contribution in [0.3, 0.4) is 0 Å². The van der Waals surface area contributed by atoms with E-state index in [4.69, 9.17) is 0 Å². The minimum absolute atomic E-state index is 0. The van der Waals surface area contributed by atoms with E-state index in [1.807, 2.05) is 0 Å². The fourth-order valence-electron chi connectivity index (χ4n) is 0.469. The predicted octanol–water partition coefficient (Wildman–Crippen LogP) is -1.68. The Labute approximate surface area is 83.0 Å². The van der Waals surface area contributed by atoms with Crippen molar-refractivity contribution in [3.8, 4) is 0 Å². The maximum Gasteiger partial charge on any atom is 1.00 e. The molecule has 0 saturated heterocycles. The van der Waals surface area contributed by atoms with Gasteiger partial charge in [0, 0.05) is 0 Å². The van der Waals surface area contributed by atoms with Crippen LogP contribution in [0.25, 0.3) is 0 Å². The molecule has 0 aliphatic heterocycles. The zero-order valence-electron chi connectivity index (χ0n) is 7.57. The zero-order chi connectivity index (χ0) is 7.33. The van der Waals surface area contributed by atoms with Crippen LogP contribution in [0.5, 0.6) is 0 Å². The van der Waals surface area contributed by atoms with Crippen molar-refractivity contribution >= 4 is 0 Å². The van der Waals surface area contributed by atoms with E-state index in [1.165, 1.54) is 0 Å². The predicted molar refractivity (Wildman–Crippen MR) is 34.0 cm³/mol. The van der Waals surface area contributed by atoms with E-state index in [1.54, 1.807) is 13.8 Å². The minimum Gasteiger partial charge on any atom is -1.00 e. The van der Waals surface area contributed by atoms with Crippen molar-refractivity contribution in [2.24, 2.45) is 10.6 Å². The SMILES string of the molecule is CC[N+](CC)(N=O)N=O.[H-].[Na+]. The van der Waals surface area contributed by atoms with Gasteiger partial charge in [0.25, 0.3) is 0 Å². The van der Waals surface area contributed by atoms with Crippen LogP contribution in [0.15, 0.2) is 10.6 Å². The van der Waals surface area contributed by atoms with Crippen LogP contribution >= 0.6 is 0 Å². The number of hydrogen-bond acceptors (Lipinski definition) is 4. The van der Waals surface area contributed by atoms with E-state index >= 15 is 0 Å². The van der Waals surface area contributed by atoms with Crippen molar-refractivity contribution in [3.05, 3.63) is 9.81 Å². The largest absolute Gasteiger partial charge is 1.00 e. The summed E-state index contributed by atoms with van der Waals surface area (Å²) < 4.78 is -0.583. The van der Waals surface area contributed by atoms with Gasteiger partial charge in [0.1, 0.15) is 13.1 Å². The van der Waals surface area contributed by atoms with Crippen molar-refractivity contribution in [2.45, 2.75) is 13.8 Å². The maximum atomic E-state index is 9.95. The number of hydrogen-bond donors (Lipinski definition) is 0. The summed E-state index contributed by atoms with van der Waals surface area (Å²) in [4.78, 5) is 19.9. The molecule has 0 N–H and O–H groups in total. The smallest absolute Gasteiger partial charge is 1.00 e. The van der Waals surface area contributed by atoms with Crippen LogP contribution in [0.1, 0.15) is 15.3 Å². The molecule has 0 unspecified atom stereocenters. The first-order valence-electron chi connectivity index (χ1n) is 2.81. The number of quaternary nitrogens is 1. The average Bonchev–Trinajstić information content (AvgIpc) is 1.95. The molecule has 0 saturated carbocycles. The van der Waals surface area contributed by atoms with Gasteiger partial charge in [-0.3, -0.25) is 0 Å². The second-order valence-corrected chi connectivity index (χ2v) is 1.67. The second kappa shape index (κ2) is 5.91. The molecule has 0 bridgehead atoms. The molecule has 0 radical (unpaired) electrons. The van der Waals surface area contributed by atoms with Crippen LogP contribution in [-0.2, 0) is 0 Å². The Morgan fingerprint density at radius 3 is 1.50 bits per heavy atom. The van der Waals surface area contributed by atoms with E-state index in [9.17, 15) is 9.81 Å². The Morgan fingerprint density at radius 1 is 1.20 bits per heavy atom. The normalized spacial score (nSPS) is 9.80. The van der Waals surface area contributed by atoms with Gasteiger partial charge < -0.3 is 1.43 Å². The van der Waals surface area contributed by atoms with Crippen molar-refractivity contribution in [1.29, 1.82) is 0 Å². The average molecular weight is 156 g/mol. The Morgan fingerprint density at radius 2 is 1.50 bits per heavy atom. The molecule has 0 heterocycles. The van der Waals surface area contributed by atoms with E-state index in [-0.39, 0.29) is 31.0 Å². The third-order valence-corrected chi connectivity index (χ3v) is 1.32. The van der Waals surface area contributed by atoms with Gasteiger partial charge in [-0.2, -0.15) is 0 Å². The van der Waals surface area contributed by atoms with Crippen LogP contribution in [0.2, 0.25) is 0 Å². The van der Waals surface area contributed by atoms with Gasteiger partial charge in [-0.05, 0) is 18.5 Å². The molecule has 5 nitrogen and oxygen atoms in total. The molecule has 0 fully saturated rings. The molecule has 0 aliphatic rings. The summed E-state index contributed by atoms with van der Waals surface area (Å²) in [5.74, 6) is 0. The van der Waals surface area contributed by atoms with Crippen LogP contribution in [-0.4, -0.2) is 17.8 Å². The molecule has 0 aliphatic carbocycles. The molecule has 0 amide bonds. The Bertz CT molecular complexity index is 110. The summed E-state index contributed by atoms with van der Waals surface area (Å²) in [5, 5.41) is 5.17. The standard InChI is InChI=1S/C4H10N3O2.Na.H/c1-3-7(4-2,5-8)6-9;;/h3-4H2,1-2H3;;/q2*+1;-1. The van der Waals surface area contributed by atoms with E-state index in [0.29, 0.717) is 13.1 Å². The molecular weight excluding hydrogens is 145 g/mol. The zero-order valence-corrected chi connectivity index (χ0v) is 8.57. The Kier molecular flexibility index (Phi) is 7.56. The summed E-state index contributed by atoms with van der Waals surface area (Å²) in [6.07, 6.45) is 0. The number of rotatable bonds is 4. The molecule has 0 spiro atoms. The van der Waals surface area contributed by atoms with E-state index in [0.717, 1.165) is 0 Å². The van der Waals surface area contributed by atoms with Crippen molar-refractivity contribution in [3.63, 3.8) is 0 Å². The summed E-state index contributed by atoms with van der Waals surface area (Å²) in [7, 11) is 0. The molecule has 10 heavy (non-hydrogen) atoms. The quantitative estimate of drug-likeness (QED) is 0.211. The van der Waals surface area contributed by atoms with Crippen molar-refractivity contribution in [2.75, 3.05) is 13.1 Å². The van der Waals surface area contributed by atoms with Gasteiger partial charge in [-0.1, -0.05) is 9.81 Å². The second-order valence-electron chi connectivity index (χ2n) is 1.67. The molecule has 6 heteroatoms. The molecule has 0 aromatic carbocycles. The summed E-state index contributed by atoms with van der Waals surface area (Å²) in [6, 6.07) is 0. The first kappa shape index (κ1) is 12.8. The van der Waals surface area contributed by atoms with Crippen LogP contribution in [0.4, 0.5) is 0 Å². The first-order valence-corrected chi connectivity index (χ1v) is 2.81. The number of nitroso groups, excluding NO2 is 2. The van der Waals surface area contributed by atoms with Gasteiger partial charge in [-0.25, -0.2) is 0 Å². The maximum absolute atomic E-state index is 9.95. The fraction of sp³-hybridized carbons (Fsp3) is 1.00. The van der Waals surface area contributed by atoms with E-state index in [2.05, 4.69) is 10.6 Å². The van der Waals surface area contributed by atoms with Crippen LogP contribution < -0.4 is 29.6 Å². The minimum atomic E-state index is -0.583. The third-order valence-electron chi connectivity index (χ3n) is 1.32. The fourth-order valence-corrected chi connectivity index (χ4v) is 0.469. The third kappa shape index (κ3) is 2.83. The van der Waals surface area contributed by atoms with Crippen molar-refractivity contribution in [1.82, 2.24) is 0 Å². The summed E-state index contributed by atoms with van der Waals surface area (Å²) >= 11 is 0. The molecule has 0 aromatic heterocycles. The number of nitrogens with zero attached hydrogens (tertiary/aromatic N) is 3.